The van der Waals surface area contributed by atoms with E-state index in [1.807, 2.05) is 7.05 Å². The smallest absolute Gasteiger partial charge is 0.0568 e. The summed E-state index contributed by atoms with van der Waals surface area (Å²) in [5, 5.41) is 7.00. The Balaban J connectivity index is 1.88. The second kappa shape index (κ2) is 6.86. The summed E-state index contributed by atoms with van der Waals surface area (Å²) in [6, 6.07) is 18.0. The van der Waals surface area contributed by atoms with Crippen molar-refractivity contribution in [3.8, 4) is 0 Å². The number of nitrogens with one attached hydrogen (secondary N) is 2. The lowest BCUT2D eigenvalue weighted by atomic mass is 9.73. The first-order chi connectivity index (χ1) is 11.5. The molecule has 2 aromatic rings. The van der Waals surface area contributed by atoms with E-state index in [1.54, 1.807) is 0 Å². The van der Waals surface area contributed by atoms with Crippen LogP contribution in [0.25, 0.3) is 0 Å². The van der Waals surface area contributed by atoms with Crippen molar-refractivity contribution in [2.24, 2.45) is 5.41 Å². The highest BCUT2D eigenvalue weighted by Crippen LogP contribution is 2.45. The van der Waals surface area contributed by atoms with E-state index in [9.17, 15) is 0 Å². The van der Waals surface area contributed by atoms with Crippen molar-refractivity contribution in [1.29, 1.82) is 0 Å². The summed E-state index contributed by atoms with van der Waals surface area (Å²) < 4.78 is 0. The molecule has 0 amide bonds. The van der Waals surface area contributed by atoms with Crippen molar-refractivity contribution < 1.29 is 0 Å². The van der Waals surface area contributed by atoms with Gasteiger partial charge in [-0.1, -0.05) is 44.2 Å². The van der Waals surface area contributed by atoms with Crippen LogP contribution < -0.4 is 15.5 Å². The maximum absolute atomic E-state index is 3.78. The minimum Gasteiger partial charge on any atom is -0.377 e. The van der Waals surface area contributed by atoms with Gasteiger partial charge in [0.1, 0.15) is 0 Å². The lowest BCUT2D eigenvalue weighted by Crippen LogP contribution is -2.35. The molecule has 0 saturated heterocycles. The van der Waals surface area contributed by atoms with E-state index in [4.69, 9.17) is 0 Å². The molecule has 0 fully saturated rings. The van der Waals surface area contributed by atoms with Gasteiger partial charge in [-0.05, 0) is 48.2 Å². The third-order valence-corrected chi connectivity index (χ3v) is 5.09. The van der Waals surface area contributed by atoms with Crippen molar-refractivity contribution in [3.63, 3.8) is 0 Å². The van der Waals surface area contributed by atoms with Crippen LogP contribution in [0.5, 0.6) is 0 Å². The summed E-state index contributed by atoms with van der Waals surface area (Å²) in [5.41, 5.74) is 5.51. The number of benzene rings is 2. The summed E-state index contributed by atoms with van der Waals surface area (Å²) in [6.07, 6.45) is 1.10. The van der Waals surface area contributed by atoms with Crippen LogP contribution in [-0.4, -0.2) is 27.2 Å². The predicted molar refractivity (Wildman–Crippen MR) is 104 cm³/mol. The zero-order valence-electron chi connectivity index (χ0n) is 15.3. The van der Waals surface area contributed by atoms with Gasteiger partial charge in [-0.25, -0.2) is 0 Å². The molecule has 3 heteroatoms. The molecule has 0 saturated carbocycles. The van der Waals surface area contributed by atoms with E-state index in [0.29, 0.717) is 6.04 Å². The molecule has 0 aliphatic carbocycles. The van der Waals surface area contributed by atoms with Crippen molar-refractivity contribution in [2.45, 2.75) is 26.3 Å². The van der Waals surface area contributed by atoms with E-state index in [2.05, 4.69) is 85.0 Å². The summed E-state index contributed by atoms with van der Waals surface area (Å²) in [6.45, 7) is 6.71. The molecule has 1 aliphatic heterocycles. The highest BCUT2D eigenvalue weighted by atomic mass is 15.1. The fourth-order valence-corrected chi connectivity index (χ4v) is 3.64. The molecule has 1 atom stereocenters. The molecule has 1 aliphatic rings. The number of anilines is 2. The number of hydrogen-bond donors (Lipinski definition) is 2. The molecule has 0 aromatic heterocycles. The summed E-state index contributed by atoms with van der Waals surface area (Å²) in [4.78, 5) is 2.31. The fourth-order valence-electron chi connectivity index (χ4n) is 3.64. The fraction of sp³-hybridized carbons (Fsp3) is 0.429. The average molecular weight is 323 g/mol. The van der Waals surface area contributed by atoms with Crippen molar-refractivity contribution in [2.75, 3.05) is 37.4 Å². The summed E-state index contributed by atoms with van der Waals surface area (Å²) in [7, 11) is 4.15. The Labute approximate surface area is 146 Å². The van der Waals surface area contributed by atoms with E-state index in [-0.39, 0.29) is 5.41 Å². The number of hydrogen-bond acceptors (Lipinski definition) is 3. The third-order valence-electron chi connectivity index (χ3n) is 5.09. The van der Waals surface area contributed by atoms with Gasteiger partial charge in [0.15, 0.2) is 0 Å². The molecule has 2 aromatic carbocycles. The van der Waals surface area contributed by atoms with Gasteiger partial charge >= 0.3 is 0 Å². The zero-order chi connectivity index (χ0) is 17.2. The quantitative estimate of drug-likeness (QED) is 0.868. The number of likely N-dealkylation sites (N-methyl/N-ethyl adjacent to an activating group) is 2. The third kappa shape index (κ3) is 3.41. The molecule has 128 valence electrons. The van der Waals surface area contributed by atoms with Gasteiger partial charge < -0.3 is 15.5 Å². The summed E-state index contributed by atoms with van der Waals surface area (Å²) in [5.74, 6) is 0. The van der Waals surface area contributed by atoms with Crippen molar-refractivity contribution in [3.05, 3.63) is 59.7 Å². The first-order valence-corrected chi connectivity index (χ1v) is 8.81. The average Bonchev–Trinajstić information content (AvgIpc) is 2.58. The van der Waals surface area contributed by atoms with Crippen LogP contribution in [0.3, 0.4) is 0 Å². The topological polar surface area (TPSA) is 27.3 Å². The summed E-state index contributed by atoms with van der Waals surface area (Å²) >= 11 is 0. The molecule has 0 bridgehead atoms. The number of para-hydroxylation sites is 1. The minimum atomic E-state index is 0.177. The van der Waals surface area contributed by atoms with Crippen molar-refractivity contribution in [1.82, 2.24) is 5.32 Å². The monoisotopic (exact) mass is 323 g/mol. The lowest BCUT2D eigenvalue weighted by molar-refractivity contribution is 0.295. The molecule has 0 spiro atoms. The number of fused-ring (bicyclic) bond motifs is 1. The molecular weight excluding hydrogens is 294 g/mol. The van der Waals surface area contributed by atoms with E-state index in [0.717, 1.165) is 19.5 Å². The molecule has 1 unspecified atom stereocenters. The molecule has 3 rings (SSSR count). The Morgan fingerprint density at radius 1 is 1.17 bits per heavy atom. The van der Waals surface area contributed by atoms with Crippen LogP contribution in [0.4, 0.5) is 11.4 Å². The van der Waals surface area contributed by atoms with Gasteiger partial charge in [0.2, 0.25) is 0 Å². The van der Waals surface area contributed by atoms with Crippen LogP contribution in [-0.2, 0) is 6.42 Å². The van der Waals surface area contributed by atoms with Crippen LogP contribution in [0.1, 0.15) is 31.0 Å². The first-order valence-electron chi connectivity index (χ1n) is 8.81. The largest absolute Gasteiger partial charge is 0.377 e. The Hall–Kier alpha value is -2.00. The zero-order valence-corrected chi connectivity index (χ0v) is 15.3. The Kier molecular flexibility index (Phi) is 4.81. The highest BCUT2D eigenvalue weighted by Gasteiger charge is 2.35. The SMILES string of the molecule is CNCCN(C)c1cccc(C2Nc3ccccc3CC2(C)C)c1. The van der Waals surface area contributed by atoms with E-state index >= 15 is 0 Å². The Morgan fingerprint density at radius 3 is 2.75 bits per heavy atom. The normalized spacial score (nSPS) is 18.6. The van der Waals surface area contributed by atoms with Crippen LogP contribution >= 0.6 is 0 Å². The van der Waals surface area contributed by atoms with Crippen molar-refractivity contribution >= 4 is 11.4 Å². The second-order valence-electron chi connectivity index (χ2n) is 7.52. The van der Waals surface area contributed by atoms with E-state index < -0.39 is 0 Å². The Bertz CT molecular complexity index is 693. The van der Waals surface area contributed by atoms with Gasteiger partial charge in [-0.2, -0.15) is 0 Å². The van der Waals surface area contributed by atoms with Gasteiger partial charge in [0.25, 0.3) is 0 Å². The maximum atomic E-state index is 3.78. The molecular formula is C21H29N3. The standard InChI is InChI=1S/C21H29N3/c1-21(2)15-17-8-5-6-11-19(17)23-20(21)16-9-7-10-18(14-16)24(4)13-12-22-3/h5-11,14,20,22-23H,12-13,15H2,1-4H3. The van der Waals surface area contributed by atoms with E-state index in [1.165, 1.54) is 22.5 Å². The highest BCUT2D eigenvalue weighted by molar-refractivity contribution is 5.58. The maximum Gasteiger partial charge on any atom is 0.0568 e. The molecule has 24 heavy (non-hydrogen) atoms. The second-order valence-corrected chi connectivity index (χ2v) is 7.52. The van der Waals surface area contributed by atoms with Gasteiger partial charge in [0, 0.05) is 31.5 Å². The van der Waals surface area contributed by atoms with Crippen LogP contribution in [0.15, 0.2) is 48.5 Å². The number of rotatable bonds is 5. The molecule has 2 N–H and O–H groups in total. The minimum absolute atomic E-state index is 0.177. The molecule has 3 nitrogen and oxygen atoms in total. The number of nitrogens with zero attached hydrogens (tertiary/aromatic N) is 1. The molecule has 1 heterocycles. The lowest BCUT2D eigenvalue weighted by Gasteiger charge is -2.41. The Morgan fingerprint density at radius 2 is 1.96 bits per heavy atom. The predicted octanol–water partition coefficient (Wildman–Crippen LogP) is 4.08. The van der Waals surface area contributed by atoms with Gasteiger partial charge in [-0.15, -0.1) is 0 Å². The molecule has 0 radical (unpaired) electrons. The first kappa shape index (κ1) is 16.8. The van der Waals surface area contributed by atoms with Gasteiger partial charge in [0.05, 0.1) is 6.04 Å². The van der Waals surface area contributed by atoms with Gasteiger partial charge in [-0.3, -0.25) is 0 Å². The van der Waals surface area contributed by atoms with Crippen LogP contribution in [0.2, 0.25) is 0 Å². The van der Waals surface area contributed by atoms with Crippen LogP contribution in [0, 0.1) is 5.41 Å².